The summed E-state index contributed by atoms with van der Waals surface area (Å²) < 4.78 is 0. The van der Waals surface area contributed by atoms with Gasteiger partial charge in [-0.25, -0.2) is 0 Å². The summed E-state index contributed by atoms with van der Waals surface area (Å²) in [4.78, 5) is 14.7. The molecule has 20 heavy (non-hydrogen) atoms. The van der Waals surface area contributed by atoms with Crippen molar-refractivity contribution in [2.75, 3.05) is 19.6 Å². The van der Waals surface area contributed by atoms with Crippen LogP contribution in [0, 0.1) is 6.92 Å². The molecule has 1 N–H and O–H groups in total. The number of amides is 1. The van der Waals surface area contributed by atoms with E-state index in [1.165, 1.54) is 12.0 Å². The fraction of sp³-hybridized carbons (Fsp3) is 0.588. The molecule has 3 heteroatoms. The Hall–Kier alpha value is -1.35. The van der Waals surface area contributed by atoms with Crippen LogP contribution in [0.25, 0.3) is 0 Å². The molecule has 0 aromatic heterocycles. The second kappa shape index (κ2) is 7.44. The van der Waals surface area contributed by atoms with Crippen molar-refractivity contribution in [2.24, 2.45) is 0 Å². The van der Waals surface area contributed by atoms with Crippen LogP contribution in [-0.4, -0.2) is 36.5 Å². The zero-order valence-electron chi connectivity index (χ0n) is 12.7. The van der Waals surface area contributed by atoms with Crippen LogP contribution in [0.1, 0.15) is 37.3 Å². The van der Waals surface area contributed by atoms with Crippen molar-refractivity contribution >= 4 is 5.91 Å². The minimum atomic E-state index is 0.273. The zero-order chi connectivity index (χ0) is 14.4. The Morgan fingerprint density at radius 1 is 1.40 bits per heavy atom. The summed E-state index contributed by atoms with van der Waals surface area (Å²) in [5, 5.41) is 3.41. The standard InChI is InChI=1S/C17H26N2O/c1-3-11-19(16-9-6-10-18-13-16)17(20)12-15-8-5-4-7-14(15)2/h4-5,7-8,16,18H,3,6,9-13H2,1-2H3. The van der Waals surface area contributed by atoms with Crippen molar-refractivity contribution in [2.45, 2.75) is 45.6 Å². The van der Waals surface area contributed by atoms with Gasteiger partial charge in [0, 0.05) is 19.1 Å². The second-order valence-electron chi connectivity index (χ2n) is 5.69. The van der Waals surface area contributed by atoms with Crippen molar-refractivity contribution in [3.63, 3.8) is 0 Å². The molecule has 3 nitrogen and oxygen atoms in total. The van der Waals surface area contributed by atoms with Crippen molar-refractivity contribution in [3.8, 4) is 0 Å². The van der Waals surface area contributed by atoms with Crippen molar-refractivity contribution < 1.29 is 4.79 Å². The summed E-state index contributed by atoms with van der Waals surface area (Å²) >= 11 is 0. The Labute approximate surface area is 122 Å². The molecule has 1 fully saturated rings. The van der Waals surface area contributed by atoms with Crippen LogP contribution in [0.15, 0.2) is 24.3 Å². The summed E-state index contributed by atoms with van der Waals surface area (Å²) in [6.07, 6.45) is 3.86. The van der Waals surface area contributed by atoms with Crippen molar-refractivity contribution in [1.29, 1.82) is 0 Å². The Kier molecular flexibility index (Phi) is 5.60. The van der Waals surface area contributed by atoms with E-state index in [2.05, 4.69) is 36.2 Å². The number of nitrogens with one attached hydrogen (secondary N) is 1. The quantitative estimate of drug-likeness (QED) is 0.895. The van der Waals surface area contributed by atoms with Gasteiger partial charge in [0.25, 0.3) is 0 Å². The number of carbonyl (C=O) groups excluding carboxylic acids is 1. The Morgan fingerprint density at radius 3 is 2.85 bits per heavy atom. The number of nitrogens with zero attached hydrogens (tertiary/aromatic N) is 1. The van der Waals surface area contributed by atoms with E-state index in [9.17, 15) is 4.79 Å². The Morgan fingerprint density at radius 2 is 2.20 bits per heavy atom. The topological polar surface area (TPSA) is 32.3 Å². The van der Waals surface area contributed by atoms with Gasteiger partial charge in [-0.15, -0.1) is 0 Å². The average Bonchev–Trinajstić information content (AvgIpc) is 2.48. The van der Waals surface area contributed by atoms with Crippen LogP contribution in [-0.2, 0) is 11.2 Å². The smallest absolute Gasteiger partial charge is 0.227 e. The molecule has 1 aliphatic heterocycles. The lowest BCUT2D eigenvalue weighted by Crippen LogP contribution is -2.49. The molecular formula is C17H26N2O. The first-order chi connectivity index (χ1) is 9.72. The molecule has 0 aliphatic carbocycles. The van der Waals surface area contributed by atoms with Crippen LogP contribution in [0.2, 0.25) is 0 Å². The maximum absolute atomic E-state index is 12.7. The van der Waals surface area contributed by atoms with Gasteiger partial charge in [0.05, 0.1) is 6.42 Å². The fourth-order valence-corrected chi connectivity index (χ4v) is 2.92. The highest BCUT2D eigenvalue weighted by Crippen LogP contribution is 2.15. The molecule has 1 unspecified atom stereocenters. The first kappa shape index (κ1) is 15.0. The summed E-state index contributed by atoms with van der Waals surface area (Å²) in [5.41, 5.74) is 2.36. The molecule has 0 radical (unpaired) electrons. The largest absolute Gasteiger partial charge is 0.338 e. The number of hydrogen-bond donors (Lipinski definition) is 1. The number of hydrogen-bond acceptors (Lipinski definition) is 2. The first-order valence-electron chi connectivity index (χ1n) is 7.77. The van der Waals surface area contributed by atoms with Gasteiger partial charge in [-0.1, -0.05) is 31.2 Å². The van der Waals surface area contributed by atoms with Gasteiger partial charge < -0.3 is 10.2 Å². The normalized spacial score (nSPS) is 18.8. The van der Waals surface area contributed by atoms with Crippen LogP contribution < -0.4 is 5.32 Å². The van der Waals surface area contributed by atoms with Crippen LogP contribution in [0.3, 0.4) is 0 Å². The molecule has 1 amide bonds. The van der Waals surface area contributed by atoms with Gasteiger partial charge in [0.2, 0.25) is 5.91 Å². The SMILES string of the molecule is CCCN(C(=O)Cc1ccccc1C)C1CCCNC1. The minimum Gasteiger partial charge on any atom is -0.338 e. The third-order valence-electron chi connectivity index (χ3n) is 4.10. The number of carbonyl (C=O) groups is 1. The van der Waals surface area contributed by atoms with E-state index in [1.807, 2.05) is 12.1 Å². The van der Waals surface area contributed by atoms with Gasteiger partial charge in [-0.05, 0) is 43.9 Å². The molecule has 1 aliphatic rings. The molecule has 1 aromatic rings. The first-order valence-corrected chi connectivity index (χ1v) is 7.77. The molecule has 2 rings (SSSR count). The Bertz CT molecular complexity index is 438. The van der Waals surface area contributed by atoms with E-state index in [4.69, 9.17) is 0 Å². The Balaban J connectivity index is 2.04. The minimum absolute atomic E-state index is 0.273. The highest BCUT2D eigenvalue weighted by molar-refractivity contribution is 5.79. The van der Waals surface area contributed by atoms with Crippen LogP contribution in [0.5, 0.6) is 0 Å². The molecule has 1 aromatic carbocycles. The van der Waals surface area contributed by atoms with Crippen LogP contribution >= 0.6 is 0 Å². The van der Waals surface area contributed by atoms with Crippen molar-refractivity contribution in [3.05, 3.63) is 35.4 Å². The highest BCUT2D eigenvalue weighted by Gasteiger charge is 2.24. The molecular weight excluding hydrogens is 248 g/mol. The summed E-state index contributed by atoms with van der Waals surface area (Å²) in [7, 11) is 0. The fourth-order valence-electron chi connectivity index (χ4n) is 2.92. The van der Waals surface area contributed by atoms with Crippen LogP contribution in [0.4, 0.5) is 0 Å². The highest BCUT2D eigenvalue weighted by atomic mass is 16.2. The van der Waals surface area contributed by atoms with Gasteiger partial charge >= 0.3 is 0 Å². The molecule has 1 atom stereocenters. The molecule has 0 saturated carbocycles. The second-order valence-corrected chi connectivity index (χ2v) is 5.69. The molecule has 0 spiro atoms. The van der Waals surface area contributed by atoms with E-state index in [-0.39, 0.29) is 5.91 Å². The molecule has 1 heterocycles. The van der Waals surface area contributed by atoms with E-state index in [0.717, 1.165) is 38.0 Å². The lowest BCUT2D eigenvalue weighted by Gasteiger charge is -2.35. The lowest BCUT2D eigenvalue weighted by molar-refractivity contribution is -0.133. The third-order valence-corrected chi connectivity index (χ3v) is 4.10. The average molecular weight is 274 g/mol. The summed E-state index contributed by atoms with van der Waals surface area (Å²) in [6.45, 7) is 7.12. The molecule has 110 valence electrons. The zero-order valence-corrected chi connectivity index (χ0v) is 12.7. The third kappa shape index (κ3) is 3.83. The summed E-state index contributed by atoms with van der Waals surface area (Å²) in [6, 6.07) is 8.56. The number of aryl methyl sites for hydroxylation is 1. The predicted molar refractivity (Wildman–Crippen MR) is 82.8 cm³/mol. The van der Waals surface area contributed by atoms with E-state index in [0.29, 0.717) is 12.5 Å². The number of rotatable bonds is 5. The van der Waals surface area contributed by atoms with Gasteiger partial charge in [0.1, 0.15) is 0 Å². The van der Waals surface area contributed by atoms with Gasteiger partial charge in [-0.2, -0.15) is 0 Å². The maximum Gasteiger partial charge on any atom is 0.227 e. The monoisotopic (exact) mass is 274 g/mol. The number of piperidine rings is 1. The maximum atomic E-state index is 12.7. The summed E-state index contributed by atoms with van der Waals surface area (Å²) in [5.74, 6) is 0.273. The number of benzene rings is 1. The van der Waals surface area contributed by atoms with Crippen molar-refractivity contribution in [1.82, 2.24) is 10.2 Å². The van der Waals surface area contributed by atoms with Gasteiger partial charge in [0.15, 0.2) is 0 Å². The van der Waals surface area contributed by atoms with E-state index < -0.39 is 0 Å². The lowest BCUT2D eigenvalue weighted by atomic mass is 10.0. The predicted octanol–water partition coefficient (Wildman–Crippen LogP) is 2.53. The molecule has 0 bridgehead atoms. The van der Waals surface area contributed by atoms with E-state index >= 15 is 0 Å². The van der Waals surface area contributed by atoms with Gasteiger partial charge in [-0.3, -0.25) is 4.79 Å². The van der Waals surface area contributed by atoms with E-state index in [1.54, 1.807) is 0 Å². The molecule has 1 saturated heterocycles.